The average Bonchev–Trinajstić information content (AvgIpc) is 2.24. The first-order valence-corrected chi connectivity index (χ1v) is 8.60. The maximum absolute atomic E-state index is 5.75. The van der Waals surface area contributed by atoms with E-state index >= 15 is 0 Å². The number of nitrogens with two attached hydrogens (primary N) is 1. The Morgan fingerprint density at radius 3 is 2.25 bits per heavy atom. The second kappa shape index (κ2) is 10.2. The molecule has 0 aliphatic rings. The van der Waals surface area contributed by atoms with Gasteiger partial charge in [-0.15, -0.1) is 0 Å². The van der Waals surface area contributed by atoms with Crippen molar-refractivity contribution in [3.05, 3.63) is 0 Å². The Morgan fingerprint density at radius 2 is 1.75 bits per heavy atom. The molecule has 0 bridgehead atoms. The third kappa shape index (κ3) is 8.20. The van der Waals surface area contributed by atoms with Gasteiger partial charge in [0, 0.05) is 26.6 Å². The monoisotopic (exact) mass is 249 g/mol. The third-order valence-corrected chi connectivity index (χ3v) is 5.34. The molecule has 98 valence electrons. The molecule has 0 rings (SSSR count). The maximum atomic E-state index is 5.75. The van der Waals surface area contributed by atoms with E-state index in [0.717, 1.165) is 38.9 Å². The van der Waals surface area contributed by atoms with E-state index in [0.29, 0.717) is 6.67 Å². The minimum Gasteiger partial charge on any atom is -0.395 e. The normalized spacial score (nSPS) is 12.0. The van der Waals surface area contributed by atoms with Gasteiger partial charge in [0.1, 0.15) is 0 Å². The van der Waals surface area contributed by atoms with E-state index < -0.39 is 8.56 Å². The van der Waals surface area contributed by atoms with Gasteiger partial charge in [-0.05, 0) is 39.4 Å². The molecule has 0 saturated heterocycles. The molecule has 4 N–H and O–H groups in total. The summed E-state index contributed by atoms with van der Waals surface area (Å²) in [6, 6.07) is 1.03. The Labute approximate surface area is 100 Å². The highest BCUT2D eigenvalue weighted by molar-refractivity contribution is 6.66. The lowest BCUT2D eigenvalue weighted by Crippen LogP contribution is -2.40. The quantitative estimate of drug-likeness (QED) is 0.284. The van der Waals surface area contributed by atoms with E-state index in [2.05, 4.69) is 17.2 Å². The molecule has 0 aromatic heterocycles. The minimum atomic E-state index is -1.90. The van der Waals surface area contributed by atoms with Crippen LogP contribution in [0.25, 0.3) is 0 Å². The molecule has 0 atom stereocenters. The lowest BCUT2D eigenvalue weighted by molar-refractivity contribution is 0.188. The highest BCUT2D eigenvalue weighted by Crippen LogP contribution is 2.15. The van der Waals surface area contributed by atoms with E-state index in [4.69, 9.17) is 14.6 Å². The van der Waals surface area contributed by atoms with Crippen LogP contribution in [0.4, 0.5) is 0 Å². The average molecular weight is 249 g/mol. The highest BCUT2D eigenvalue weighted by Gasteiger charge is 2.29. The third-order valence-electron chi connectivity index (χ3n) is 2.28. The van der Waals surface area contributed by atoms with Gasteiger partial charge in [0.25, 0.3) is 0 Å². The van der Waals surface area contributed by atoms with Crippen LogP contribution in [0, 0.1) is 0 Å². The molecule has 0 fully saturated rings. The van der Waals surface area contributed by atoms with Gasteiger partial charge >= 0.3 is 8.56 Å². The Balaban J connectivity index is 3.59. The standard InChI is InChI=1S/C10H27N3O2Si/c1-4-14-16(3,15-5-2)8-6-7-12-10-13-9-11/h12-13H,4-11H2,1-3H3. The number of rotatable bonds is 11. The molecular formula is C10H27N3O2Si. The fourth-order valence-electron chi connectivity index (χ4n) is 1.58. The first kappa shape index (κ1) is 16.0. The molecule has 5 nitrogen and oxygen atoms in total. The van der Waals surface area contributed by atoms with Crippen LogP contribution >= 0.6 is 0 Å². The summed E-state index contributed by atoms with van der Waals surface area (Å²) in [6.45, 7) is 9.90. The first-order valence-electron chi connectivity index (χ1n) is 6.08. The minimum absolute atomic E-state index is 0.511. The van der Waals surface area contributed by atoms with Crippen molar-refractivity contribution in [3.8, 4) is 0 Å². The van der Waals surface area contributed by atoms with E-state index in [9.17, 15) is 0 Å². The molecule has 0 aliphatic heterocycles. The Kier molecular flexibility index (Phi) is 10.2. The molecule has 16 heavy (non-hydrogen) atoms. The lowest BCUT2D eigenvalue weighted by atomic mass is 10.5. The maximum Gasteiger partial charge on any atom is 0.334 e. The summed E-state index contributed by atoms with van der Waals surface area (Å²) in [7, 11) is -1.90. The summed E-state index contributed by atoms with van der Waals surface area (Å²) in [5.41, 5.74) is 5.31. The van der Waals surface area contributed by atoms with Crippen LogP contribution < -0.4 is 16.4 Å². The molecule has 0 spiro atoms. The van der Waals surface area contributed by atoms with Crippen molar-refractivity contribution in [2.75, 3.05) is 33.1 Å². The highest BCUT2D eigenvalue weighted by atomic mass is 28.4. The number of hydrogen-bond donors (Lipinski definition) is 3. The zero-order valence-corrected chi connectivity index (χ0v) is 11.8. The van der Waals surface area contributed by atoms with Gasteiger partial charge < -0.3 is 19.9 Å². The molecule has 0 radical (unpaired) electrons. The van der Waals surface area contributed by atoms with Crippen molar-refractivity contribution in [2.24, 2.45) is 5.73 Å². The molecule has 0 aromatic rings. The Hall–Kier alpha value is 0.0169. The zero-order valence-electron chi connectivity index (χ0n) is 10.8. The molecule has 0 unspecified atom stereocenters. The smallest absolute Gasteiger partial charge is 0.334 e. The second-order valence-electron chi connectivity index (χ2n) is 3.73. The fraction of sp³-hybridized carbons (Fsp3) is 1.00. The van der Waals surface area contributed by atoms with Gasteiger partial charge in [-0.3, -0.25) is 5.32 Å². The zero-order chi connectivity index (χ0) is 12.3. The molecule has 0 saturated carbocycles. The van der Waals surface area contributed by atoms with Gasteiger partial charge in [0.2, 0.25) is 0 Å². The van der Waals surface area contributed by atoms with Gasteiger partial charge in [0.05, 0.1) is 0 Å². The number of hydrogen-bond acceptors (Lipinski definition) is 5. The van der Waals surface area contributed by atoms with Gasteiger partial charge in [-0.1, -0.05) is 0 Å². The van der Waals surface area contributed by atoms with Gasteiger partial charge in [-0.25, -0.2) is 0 Å². The van der Waals surface area contributed by atoms with Gasteiger partial charge in [-0.2, -0.15) is 0 Å². The van der Waals surface area contributed by atoms with Crippen molar-refractivity contribution in [2.45, 2.75) is 32.9 Å². The second-order valence-corrected chi connectivity index (χ2v) is 7.08. The molecule has 0 amide bonds. The topological polar surface area (TPSA) is 68.5 Å². The summed E-state index contributed by atoms with van der Waals surface area (Å²) in [5, 5.41) is 6.27. The summed E-state index contributed by atoms with van der Waals surface area (Å²) >= 11 is 0. The SMILES string of the molecule is CCO[Si](C)(CCCNCNCN)OCC. The van der Waals surface area contributed by atoms with Crippen LogP contribution in [-0.2, 0) is 8.85 Å². The summed E-state index contributed by atoms with van der Waals surface area (Å²) in [5.74, 6) is 0. The summed E-state index contributed by atoms with van der Waals surface area (Å²) in [4.78, 5) is 0. The number of nitrogens with one attached hydrogen (secondary N) is 2. The van der Waals surface area contributed by atoms with Crippen LogP contribution in [-0.4, -0.2) is 41.7 Å². The summed E-state index contributed by atoms with van der Waals surface area (Å²) in [6.07, 6.45) is 1.08. The first-order chi connectivity index (χ1) is 7.68. The largest absolute Gasteiger partial charge is 0.395 e. The molecule has 0 aromatic carbocycles. The molecule has 0 heterocycles. The van der Waals surface area contributed by atoms with Crippen LogP contribution in [0.3, 0.4) is 0 Å². The van der Waals surface area contributed by atoms with Crippen molar-refractivity contribution in [1.82, 2.24) is 10.6 Å². The summed E-state index contributed by atoms with van der Waals surface area (Å²) < 4.78 is 11.5. The predicted octanol–water partition coefficient (Wildman–Crippen LogP) is 0.574. The lowest BCUT2D eigenvalue weighted by Gasteiger charge is -2.25. The van der Waals surface area contributed by atoms with Crippen LogP contribution in [0.15, 0.2) is 0 Å². The van der Waals surface area contributed by atoms with Crippen molar-refractivity contribution in [3.63, 3.8) is 0 Å². The van der Waals surface area contributed by atoms with Crippen LogP contribution in [0.5, 0.6) is 0 Å². The van der Waals surface area contributed by atoms with E-state index in [-0.39, 0.29) is 0 Å². The van der Waals surface area contributed by atoms with E-state index in [1.807, 2.05) is 13.8 Å². The van der Waals surface area contributed by atoms with Crippen molar-refractivity contribution in [1.29, 1.82) is 0 Å². The van der Waals surface area contributed by atoms with Crippen LogP contribution in [0.1, 0.15) is 20.3 Å². The molecule has 6 heteroatoms. The molecular weight excluding hydrogens is 222 g/mol. The molecule has 0 aliphatic carbocycles. The van der Waals surface area contributed by atoms with Gasteiger partial charge in [0.15, 0.2) is 0 Å². The predicted molar refractivity (Wildman–Crippen MR) is 69.4 cm³/mol. The Bertz CT molecular complexity index is 155. The van der Waals surface area contributed by atoms with Crippen molar-refractivity contribution < 1.29 is 8.85 Å². The van der Waals surface area contributed by atoms with E-state index in [1.165, 1.54) is 0 Å². The van der Waals surface area contributed by atoms with Crippen LogP contribution in [0.2, 0.25) is 12.6 Å². The van der Waals surface area contributed by atoms with E-state index in [1.54, 1.807) is 0 Å². The van der Waals surface area contributed by atoms with Crippen molar-refractivity contribution >= 4 is 8.56 Å². The fourth-order valence-corrected chi connectivity index (χ4v) is 3.99. The Morgan fingerprint density at radius 1 is 1.12 bits per heavy atom.